The van der Waals surface area contributed by atoms with Gasteiger partial charge >= 0.3 is 0 Å². The van der Waals surface area contributed by atoms with E-state index in [-0.39, 0.29) is 19.0 Å². The molecule has 0 aliphatic carbocycles. The van der Waals surface area contributed by atoms with E-state index in [4.69, 9.17) is 0 Å². The SMILES string of the molecule is C/C(CO)=N\N(Cc1ccccc1F)c1ccc(-c2ccccc2)cc1. The Kier molecular flexibility index (Phi) is 5.77. The van der Waals surface area contributed by atoms with E-state index >= 15 is 0 Å². The predicted octanol–water partition coefficient (Wildman–Crippen LogP) is 4.87. The van der Waals surface area contributed by atoms with Crippen molar-refractivity contribution in [3.63, 3.8) is 0 Å². The van der Waals surface area contributed by atoms with Crippen molar-refractivity contribution in [1.29, 1.82) is 0 Å². The van der Waals surface area contributed by atoms with Crippen LogP contribution in [0.4, 0.5) is 10.1 Å². The van der Waals surface area contributed by atoms with Crippen molar-refractivity contribution < 1.29 is 9.50 Å². The quantitative estimate of drug-likeness (QED) is 0.510. The molecule has 0 atom stereocenters. The van der Waals surface area contributed by atoms with Crippen molar-refractivity contribution in [2.75, 3.05) is 11.6 Å². The first-order valence-corrected chi connectivity index (χ1v) is 8.49. The molecule has 0 heterocycles. The molecule has 0 unspecified atom stereocenters. The van der Waals surface area contributed by atoms with Crippen LogP contribution in [0.25, 0.3) is 11.1 Å². The number of aliphatic hydroxyl groups excluding tert-OH is 1. The molecule has 3 aromatic rings. The zero-order valence-electron chi connectivity index (χ0n) is 14.6. The first-order chi connectivity index (χ1) is 12.7. The number of nitrogens with zero attached hydrogens (tertiary/aromatic N) is 2. The van der Waals surface area contributed by atoms with Gasteiger partial charge in [-0.1, -0.05) is 60.7 Å². The van der Waals surface area contributed by atoms with Gasteiger partial charge in [-0.05, 0) is 36.2 Å². The average molecular weight is 348 g/mol. The molecule has 0 radical (unpaired) electrons. The molecule has 3 nitrogen and oxygen atoms in total. The molecule has 0 bridgehead atoms. The summed E-state index contributed by atoms with van der Waals surface area (Å²) in [5.74, 6) is -0.268. The number of hydrazone groups is 1. The van der Waals surface area contributed by atoms with E-state index in [9.17, 15) is 9.50 Å². The Bertz CT molecular complexity index is 876. The lowest BCUT2D eigenvalue weighted by molar-refractivity contribution is 0.356. The van der Waals surface area contributed by atoms with Crippen LogP contribution in [0.2, 0.25) is 0 Å². The summed E-state index contributed by atoms with van der Waals surface area (Å²) in [6.07, 6.45) is 0. The van der Waals surface area contributed by atoms with Crippen LogP contribution in [0, 0.1) is 5.82 Å². The highest BCUT2D eigenvalue weighted by molar-refractivity contribution is 5.83. The number of aliphatic hydroxyl groups is 1. The molecular formula is C22H21FN2O. The highest BCUT2D eigenvalue weighted by atomic mass is 19.1. The van der Waals surface area contributed by atoms with E-state index in [2.05, 4.69) is 17.2 Å². The molecular weight excluding hydrogens is 327 g/mol. The van der Waals surface area contributed by atoms with Gasteiger partial charge in [0.05, 0.1) is 24.6 Å². The van der Waals surface area contributed by atoms with E-state index in [1.54, 1.807) is 30.1 Å². The molecule has 0 aliphatic heterocycles. The van der Waals surface area contributed by atoms with Gasteiger partial charge in [0, 0.05) is 5.56 Å². The average Bonchev–Trinajstić information content (AvgIpc) is 2.70. The van der Waals surface area contributed by atoms with Crippen LogP contribution in [0.5, 0.6) is 0 Å². The molecule has 0 saturated carbocycles. The Hall–Kier alpha value is -2.98. The van der Waals surface area contributed by atoms with Gasteiger partial charge in [-0.3, -0.25) is 5.01 Å². The van der Waals surface area contributed by atoms with Crippen molar-refractivity contribution in [2.45, 2.75) is 13.5 Å². The molecule has 0 aromatic heterocycles. The third kappa shape index (κ3) is 4.35. The van der Waals surface area contributed by atoms with Gasteiger partial charge < -0.3 is 5.11 Å². The zero-order chi connectivity index (χ0) is 18.4. The van der Waals surface area contributed by atoms with Crippen LogP contribution < -0.4 is 5.01 Å². The van der Waals surface area contributed by atoms with Gasteiger partial charge in [0.25, 0.3) is 0 Å². The second-order valence-electron chi connectivity index (χ2n) is 6.06. The zero-order valence-corrected chi connectivity index (χ0v) is 14.6. The van der Waals surface area contributed by atoms with Gasteiger partial charge in [-0.15, -0.1) is 0 Å². The van der Waals surface area contributed by atoms with Crippen molar-refractivity contribution >= 4 is 11.4 Å². The summed E-state index contributed by atoms with van der Waals surface area (Å²) in [6, 6.07) is 24.7. The molecule has 0 spiro atoms. The Morgan fingerprint density at radius 2 is 1.50 bits per heavy atom. The summed E-state index contributed by atoms with van der Waals surface area (Å²) in [5, 5.41) is 15.5. The van der Waals surface area contributed by atoms with Crippen molar-refractivity contribution in [1.82, 2.24) is 0 Å². The number of halogens is 1. The first kappa shape index (κ1) is 17.8. The summed E-state index contributed by atoms with van der Waals surface area (Å²) in [5.41, 5.74) is 4.18. The number of rotatable bonds is 6. The highest BCUT2D eigenvalue weighted by Gasteiger charge is 2.10. The lowest BCUT2D eigenvalue weighted by atomic mass is 10.1. The van der Waals surface area contributed by atoms with Crippen LogP contribution in [0.15, 0.2) is 84.0 Å². The maximum Gasteiger partial charge on any atom is 0.128 e. The van der Waals surface area contributed by atoms with Gasteiger partial charge in [-0.25, -0.2) is 4.39 Å². The van der Waals surface area contributed by atoms with Gasteiger partial charge in [0.15, 0.2) is 0 Å². The monoisotopic (exact) mass is 348 g/mol. The minimum atomic E-state index is -0.268. The molecule has 4 heteroatoms. The number of hydrogen-bond donors (Lipinski definition) is 1. The molecule has 0 amide bonds. The van der Waals surface area contributed by atoms with Crippen LogP contribution in [-0.2, 0) is 6.54 Å². The van der Waals surface area contributed by atoms with Crippen molar-refractivity contribution in [3.05, 3.63) is 90.2 Å². The summed E-state index contributed by atoms with van der Waals surface area (Å²) < 4.78 is 14.0. The van der Waals surface area contributed by atoms with Crippen LogP contribution in [-0.4, -0.2) is 17.4 Å². The third-order valence-electron chi connectivity index (χ3n) is 4.07. The maximum atomic E-state index is 14.0. The first-order valence-electron chi connectivity index (χ1n) is 8.49. The fourth-order valence-electron chi connectivity index (χ4n) is 2.67. The second-order valence-corrected chi connectivity index (χ2v) is 6.06. The molecule has 3 aromatic carbocycles. The Morgan fingerprint density at radius 1 is 0.885 bits per heavy atom. The molecule has 0 fully saturated rings. The predicted molar refractivity (Wildman–Crippen MR) is 105 cm³/mol. The summed E-state index contributed by atoms with van der Waals surface area (Å²) in [6.45, 7) is 1.89. The molecule has 132 valence electrons. The Balaban J connectivity index is 1.90. The second kappa shape index (κ2) is 8.41. The third-order valence-corrected chi connectivity index (χ3v) is 4.07. The highest BCUT2D eigenvalue weighted by Crippen LogP contribution is 2.25. The number of benzene rings is 3. The number of anilines is 1. The summed E-state index contributed by atoms with van der Waals surface area (Å²) in [7, 11) is 0. The summed E-state index contributed by atoms with van der Waals surface area (Å²) >= 11 is 0. The van der Waals surface area contributed by atoms with E-state index in [1.807, 2.05) is 42.5 Å². The molecule has 26 heavy (non-hydrogen) atoms. The fourth-order valence-corrected chi connectivity index (χ4v) is 2.67. The van der Waals surface area contributed by atoms with Crippen LogP contribution >= 0.6 is 0 Å². The minimum absolute atomic E-state index is 0.143. The molecule has 3 rings (SSSR count). The lowest BCUT2D eigenvalue weighted by Gasteiger charge is -2.21. The topological polar surface area (TPSA) is 35.8 Å². The van der Waals surface area contributed by atoms with Gasteiger partial charge in [0.1, 0.15) is 5.82 Å². The van der Waals surface area contributed by atoms with Gasteiger partial charge in [-0.2, -0.15) is 5.10 Å². The van der Waals surface area contributed by atoms with E-state index < -0.39 is 0 Å². The molecule has 0 aliphatic rings. The lowest BCUT2D eigenvalue weighted by Crippen LogP contribution is -2.19. The normalized spacial score (nSPS) is 11.4. The van der Waals surface area contributed by atoms with E-state index in [0.717, 1.165) is 16.8 Å². The van der Waals surface area contributed by atoms with Crippen LogP contribution in [0.3, 0.4) is 0 Å². The largest absolute Gasteiger partial charge is 0.390 e. The van der Waals surface area contributed by atoms with Crippen molar-refractivity contribution in [2.24, 2.45) is 5.10 Å². The van der Waals surface area contributed by atoms with Crippen LogP contribution in [0.1, 0.15) is 12.5 Å². The Morgan fingerprint density at radius 3 is 2.15 bits per heavy atom. The fraction of sp³-hybridized carbons (Fsp3) is 0.136. The minimum Gasteiger partial charge on any atom is -0.390 e. The van der Waals surface area contributed by atoms with Gasteiger partial charge in [0.2, 0.25) is 0 Å². The maximum absolute atomic E-state index is 14.0. The standard InChI is InChI=1S/C22H21FN2O/c1-17(16-26)24-25(15-20-9-5-6-10-22(20)23)21-13-11-19(12-14-21)18-7-3-2-4-8-18/h2-14,26H,15-16H2,1H3/b24-17+. The molecule has 1 N–H and O–H groups in total. The summed E-state index contributed by atoms with van der Waals surface area (Å²) in [4.78, 5) is 0. The van der Waals surface area contributed by atoms with E-state index in [1.165, 1.54) is 6.07 Å². The number of hydrogen-bond acceptors (Lipinski definition) is 3. The van der Waals surface area contributed by atoms with E-state index in [0.29, 0.717) is 11.3 Å². The van der Waals surface area contributed by atoms with Crippen molar-refractivity contribution in [3.8, 4) is 11.1 Å². The smallest absolute Gasteiger partial charge is 0.128 e. The molecule has 0 saturated heterocycles. The Labute approximate surface area is 153 Å².